The molecule has 0 fully saturated rings. The largest absolute Gasteiger partial charge is 0.496 e. The third kappa shape index (κ3) is 3.58. The number of rotatable bonds is 4. The number of nitrogens with one attached hydrogen (secondary N) is 1. The number of para-hydroxylation sites is 1. The highest BCUT2D eigenvalue weighted by molar-refractivity contribution is 5.97. The van der Waals surface area contributed by atoms with Gasteiger partial charge in [-0.25, -0.2) is 14.8 Å². The van der Waals surface area contributed by atoms with E-state index in [0.717, 1.165) is 10.1 Å². The maximum Gasteiger partial charge on any atom is 0.432 e. The zero-order valence-electron chi connectivity index (χ0n) is 17.9. The number of hydrogen-bond donors (Lipinski definition) is 2. The monoisotopic (exact) mass is 421 g/mol. The van der Waals surface area contributed by atoms with Crippen LogP contribution in [0.4, 0.5) is 16.4 Å². The van der Waals surface area contributed by atoms with E-state index in [1.165, 1.54) is 0 Å². The Balaban J connectivity index is 1.86. The normalized spacial score (nSPS) is 11.6. The van der Waals surface area contributed by atoms with E-state index in [4.69, 9.17) is 9.47 Å². The number of nitrogens with zero attached hydrogens (tertiary/aromatic N) is 4. The first-order chi connectivity index (χ1) is 14.7. The first kappa shape index (κ1) is 20.4. The molecule has 2 aromatic heterocycles. The van der Waals surface area contributed by atoms with Crippen LogP contribution in [-0.2, 0) is 5.41 Å². The summed E-state index contributed by atoms with van der Waals surface area (Å²) in [4.78, 5) is 20.8. The van der Waals surface area contributed by atoms with Crippen LogP contribution < -0.4 is 14.8 Å². The third-order valence-corrected chi connectivity index (χ3v) is 4.91. The first-order valence-electron chi connectivity index (χ1n) is 9.64. The van der Waals surface area contributed by atoms with E-state index in [0.29, 0.717) is 45.2 Å². The van der Waals surface area contributed by atoms with E-state index in [9.17, 15) is 9.90 Å². The van der Waals surface area contributed by atoms with Gasteiger partial charge in [0.1, 0.15) is 17.0 Å². The summed E-state index contributed by atoms with van der Waals surface area (Å²) in [6.07, 6.45) is 0.522. The Bertz CT molecular complexity index is 1310. The summed E-state index contributed by atoms with van der Waals surface area (Å²) in [6, 6.07) is 9.07. The van der Waals surface area contributed by atoms with Crippen LogP contribution in [0.15, 0.2) is 36.5 Å². The second kappa shape index (κ2) is 7.42. The van der Waals surface area contributed by atoms with Crippen molar-refractivity contribution in [2.45, 2.75) is 26.2 Å². The first-order valence-corrected chi connectivity index (χ1v) is 9.64. The highest BCUT2D eigenvalue weighted by atomic mass is 16.5. The molecule has 4 rings (SSSR count). The summed E-state index contributed by atoms with van der Waals surface area (Å²) in [5, 5.41) is 18.7. The Morgan fingerprint density at radius 2 is 1.87 bits per heavy atom. The van der Waals surface area contributed by atoms with Gasteiger partial charge in [0.25, 0.3) is 0 Å². The van der Waals surface area contributed by atoms with E-state index in [1.807, 2.05) is 39.0 Å². The summed E-state index contributed by atoms with van der Waals surface area (Å²) in [5.74, 6) is 1.49. The van der Waals surface area contributed by atoms with Crippen LogP contribution in [0.25, 0.3) is 21.8 Å². The fourth-order valence-electron chi connectivity index (χ4n) is 3.50. The molecule has 0 radical (unpaired) electrons. The molecule has 4 aromatic rings. The Labute approximate surface area is 178 Å². The lowest BCUT2D eigenvalue weighted by atomic mass is 9.89. The molecule has 0 atom stereocenters. The van der Waals surface area contributed by atoms with Gasteiger partial charge in [-0.1, -0.05) is 32.9 Å². The number of benzene rings is 2. The molecule has 9 heteroatoms. The predicted molar refractivity (Wildman–Crippen MR) is 118 cm³/mol. The van der Waals surface area contributed by atoms with Gasteiger partial charge in [-0.2, -0.15) is 9.78 Å². The number of carbonyl (C=O) groups is 1. The fourth-order valence-corrected chi connectivity index (χ4v) is 3.50. The number of anilines is 2. The Morgan fingerprint density at radius 3 is 2.52 bits per heavy atom. The number of ether oxygens (including phenoxy) is 2. The summed E-state index contributed by atoms with van der Waals surface area (Å²) in [5.41, 5.74) is 1.92. The summed E-state index contributed by atoms with van der Waals surface area (Å²) in [7, 11) is 3.13. The lowest BCUT2D eigenvalue weighted by Crippen LogP contribution is -2.15. The molecule has 2 N–H and O–H groups in total. The molecular weight excluding hydrogens is 398 g/mol. The van der Waals surface area contributed by atoms with Crippen LogP contribution in [0.1, 0.15) is 26.5 Å². The number of methoxy groups -OCH3 is 2. The zero-order valence-corrected chi connectivity index (χ0v) is 17.9. The molecule has 31 heavy (non-hydrogen) atoms. The van der Waals surface area contributed by atoms with Crippen LogP contribution in [0.2, 0.25) is 0 Å². The van der Waals surface area contributed by atoms with Gasteiger partial charge in [-0.3, -0.25) is 0 Å². The van der Waals surface area contributed by atoms with Crippen LogP contribution in [0.5, 0.6) is 11.5 Å². The maximum absolute atomic E-state index is 11.8. The van der Waals surface area contributed by atoms with Crippen molar-refractivity contribution in [3.63, 3.8) is 0 Å². The lowest BCUT2D eigenvalue weighted by Gasteiger charge is -2.17. The quantitative estimate of drug-likeness (QED) is 0.493. The van der Waals surface area contributed by atoms with Gasteiger partial charge >= 0.3 is 6.09 Å². The van der Waals surface area contributed by atoms with Crippen molar-refractivity contribution < 1.29 is 19.4 Å². The molecule has 2 heterocycles. The van der Waals surface area contributed by atoms with Gasteiger partial charge in [0.05, 0.1) is 30.8 Å². The molecule has 0 spiro atoms. The summed E-state index contributed by atoms with van der Waals surface area (Å²) in [6.45, 7) is 5.93. The van der Waals surface area contributed by atoms with E-state index >= 15 is 0 Å². The van der Waals surface area contributed by atoms with Crippen molar-refractivity contribution in [2.75, 3.05) is 19.5 Å². The van der Waals surface area contributed by atoms with Crippen molar-refractivity contribution in [1.82, 2.24) is 19.7 Å². The average Bonchev–Trinajstić information content (AvgIpc) is 3.13. The molecule has 0 saturated carbocycles. The van der Waals surface area contributed by atoms with Crippen LogP contribution >= 0.6 is 0 Å². The topological polar surface area (TPSA) is 111 Å². The molecule has 0 aliphatic carbocycles. The Kier molecular flexibility index (Phi) is 4.88. The second-order valence-electron chi connectivity index (χ2n) is 8.08. The van der Waals surface area contributed by atoms with Crippen molar-refractivity contribution in [3.05, 3.63) is 42.2 Å². The minimum atomic E-state index is -1.17. The van der Waals surface area contributed by atoms with E-state index in [-0.39, 0.29) is 5.41 Å². The van der Waals surface area contributed by atoms with Crippen LogP contribution in [0.3, 0.4) is 0 Å². The third-order valence-electron chi connectivity index (χ3n) is 4.91. The Hall–Kier alpha value is -3.88. The van der Waals surface area contributed by atoms with Gasteiger partial charge < -0.3 is 19.9 Å². The molecule has 0 aliphatic heterocycles. The van der Waals surface area contributed by atoms with E-state index < -0.39 is 6.09 Å². The number of aromatic nitrogens is 4. The van der Waals surface area contributed by atoms with E-state index in [1.54, 1.807) is 32.5 Å². The molecule has 160 valence electrons. The molecule has 0 unspecified atom stereocenters. The average molecular weight is 421 g/mol. The molecule has 0 amide bonds. The highest BCUT2D eigenvalue weighted by Gasteiger charge is 2.27. The standard InChI is InChI=1S/C22H23N5O4/c1-22(2,3)19-17-14(27(26-19)21(28)29)9-13(10-16(17)31-5)24-20-23-11-12-7-6-8-15(30-4)18(12)25-20/h6-11H,1-5H3,(H,28,29)(H,23,24,25). The molecular formula is C22H23N5O4. The van der Waals surface area contributed by atoms with Crippen molar-refractivity contribution in [1.29, 1.82) is 0 Å². The van der Waals surface area contributed by atoms with Gasteiger partial charge in [-0.15, -0.1) is 0 Å². The van der Waals surface area contributed by atoms with Crippen molar-refractivity contribution >= 4 is 39.5 Å². The minimum Gasteiger partial charge on any atom is -0.496 e. The number of fused-ring (bicyclic) bond motifs is 2. The molecule has 0 saturated heterocycles. The smallest absolute Gasteiger partial charge is 0.432 e. The molecule has 0 aliphatic rings. The van der Waals surface area contributed by atoms with Gasteiger partial charge in [-0.05, 0) is 12.1 Å². The lowest BCUT2D eigenvalue weighted by molar-refractivity contribution is 0.193. The fraction of sp³-hybridized carbons (Fsp3) is 0.273. The number of carboxylic acid groups (broad SMARTS) is 1. The van der Waals surface area contributed by atoms with E-state index in [2.05, 4.69) is 20.4 Å². The second-order valence-corrected chi connectivity index (χ2v) is 8.08. The molecule has 9 nitrogen and oxygen atoms in total. The predicted octanol–water partition coefficient (Wildman–Crippen LogP) is 4.56. The molecule has 0 bridgehead atoms. The summed E-state index contributed by atoms with van der Waals surface area (Å²) < 4.78 is 11.9. The molecule has 2 aromatic carbocycles. The van der Waals surface area contributed by atoms with Gasteiger partial charge in [0.2, 0.25) is 5.95 Å². The zero-order chi connectivity index (χ0) is 22.3. The van der Waals surface area contributed by atoms with Crippen molar-refractivity contribution in [3.8, 4) is 11.5 Å². The van der Waals surface area contributed by atoms with Crippen molar-refractivity contribution in [2.24, 2.45) is 0 Å². The summed E-state index contributed by atoms with van der Waals surface area (Å²) >= 11 is 0. The Morgan fingerprint density at radius 1 is 1.13 bits per heavy atom. The van der Waals surface area contributed by atoms with Gasteiger partial charge in [0.15, 0.2) is 0 Å². The van der Waals surface area contributed by atoms with Crippen LogP contribution in [0, 0.1) is 0 Å². The minimum absolute atomic E-state index is 0.343. The number of hydrogen-bond acceptors (Lipinski definition) is 7. The maximum atomic E-state index is 11.8. The van der Waals surface area contributed by atoms with Crippen LogP contribution in [-0.4, -0.2) is 45.2 Å². The van der Waals surface area contributed by atoms with Gasteiger partial charge in [0, 0.05) is 28.8 Å². The highest BCUT2D eigenvalue weighted by Crippen LogP contribution is 2.38. The SMILES string of the molecule is COc1cccc2cnc(Nc3cc(OC)c4c(C(C)(C)C)nn(C(=O)O)c4c3)nc12.